The number of hydrogen-bond donors (Lipinski definition) is 1. The van der Waals surface area contributed by atoms with E-state index in [0.717, 1.165) is 29.7 Å². The normalized spacial score (nSPS) is 11.1. The number of aryl methyl sites for hydroxylation is 2. The van der Waals surface area contributed by atoms with Crippen molar-refractivity contribution in [3.63, 3.8) is 0 Å². The fourth-order valence-electron chi connectivity index (χ4n) is 1.99. The van der Waals surface area contributed by atoms with Gasteiger partial charge in [0.15, 0.2) is 0 Å². The van der Waals surface area contributed by atoms with Crippen LogP contribution in [0.5, 0.6) is 0 Å². The topological polar surface area (TPSA) is 41.6 Å². The Morgan fingerprint density at radius 3 is 2.74 bits per heavy atom. The molecule has 0 amide bonds. The number of aromatic amines is 1. The lowest BCUT2D eigenvalue weighted by molar-refractivity contribution is 0.623. The van der Waals surface area contributed by atoms with Gasteiger partial charge in [-0.2, -0.15) is 0 Å². The Morgan fingerprint density at radius 2 is 1.95 bits per heavy atom. The van der Waals surface area contributed by atoms with E-state index in [1.54, 1.807) is 18.5 Å². The highest BCUT2D eigenvalue weighted by Crippen LogP contribution is 2.22. The SMILES string of the molecule is Fc1cc2[nH]c(CCc3ccncc3)nc2cc1Br. The molecule has 0 atom stereocenters. The van der Waals surface area contributed by atoms with Gasteiger partial charge < -0.3 is 4.98 Å². The molecule has 2 heterocycles. The molecule has 0 aliphatic heterocycles. The van der Waals surface area contributed by atoms with E-state index in [2.05, 4.69) is 30.9 Å². The molecule has 0 fully saturated rings. The third-order valence-electron chi connectivity index (χ3n) is 2.97. The van der Waals surface area contributed by atoms with Gasteiger partial charge in [-0.15, -0.1) is 0 Å². The molecule has 0 aliphatic rings. The maximum absolute atomic E-state index is 13.4. The van der Waals surface area contributed by atoms with Crippen molar-refractivity contribution in [1.82, 2.24) is 15.0 Å². The van der Waals surface area contributed by atoms with Gasteiger partial charge in [0, 0.05) is 24.9 Å². The van der Waals surface area contributed by atoms with Crippen molar-refractivity contribution in [1.29, 1.82) is 0 Å². The average molecular weight is 320 g/mol. The summed E-state index contributed by atoms with van der Waals surface area (Å²) >= 11 is 3.17. The number of aromatic nitrogens is 3. The molecule has 0 saturated carbocycles. The third-order valence-corrected chi connectivity index (χ3v) is 3.58. The van der Waals surface area contributed by atoms with Crippen LogP contribution >= 0.6 is 15.9 Å². The lowest BCUT2D eigenvalue weighted by atomic mass is 10.1. The number of nitrogens with one attached hydrogen (secondary N) is 1. The van der Waals surface area contributed by atoms with Crippen molar-refractivity contribution in [2.75, 3.05) is 0 Å². The van der Waals surface area contributed by atoms with Gasteiger partial charge in [-0.3, -0.25) is 4.98 Å². The van der Waals surface area contributed by atoms with Crippen LogP contribution in [0.4, 0.5) is 4.39 Å². The zero-order chi connectivity index (χ0) is 13.2. The zero-order valence-electron chi connectivity index (χ0n) is 10.0. The Bertz CT molecular complexity index is 670. The maximum Gasteiger partial charge on any atom is 0.139 e. The first-order chi connectivity index (χ1) is 9.22. The number of fused-ring (bicyclic) bond motifs is 1. The smallest absolute Gasteiger partial charge is 0.139 e. The van der Waals surface area contributed by atoms with Crippen LogP contribution in [0.2, 0.25) is 0 Å². The molecule has 3 aromatic rings. The summed E-state index contributed by atoms with van der Waals surface area (Å²) in [6, 6.07) is 7.12. The van der Waals surface area contributed by atoms with Gasteiger partial charge in [0.05, 0.1) is 15.5 Å². The quantitative estimate of drug-likeness (QED) is 0.800. The van der Waals surface area contributed by atoms with Crippen LogP contribution in [0.25, 0.3) is 11.0 Å². The number of benzene rings is 1. The van der Waals surface area contributed by atoms with Gasteiger partial charge in [0.2, 0.25) is 0 Å². The molecule has 1 aromatic carbocycles. The molecule has 0 bridgehead atoms. The summed E-state index contributed by atoms with van der Waals surface area (Å²) in [7, 11) is 0. The van der Waals surface area contributed by atoms with Crippen molar-refractivity contribution in [2.45, 2.75) is 12.8 Å². The van der Waals surface area contributed by atoms with E-state index >= 15 is 0 Å². The Balaban J connectivity index is 1.82. The van der Waals surface area contributed by atoms with Gasteiger partial charge in [-0.25, -0.2) is 9.37 Å². The summed E-state index contributed by atoms with van der Waals surface area (Å²) in [5, 5.41) is 0. The first kappa shape index (κ1) is 12.3. The lowest BCUT2D eigenvalue weighted by Crippen LogP contribution is -1.93. The molecule has 3 rings (SSSR count). The molecule has 0 saturated heterocycles. The molecule has 2 aromatic heterocycles. The van der Waals surface area contributed by atoms with Crippen molar-refractivity contribution in [3.8, 4) is 0 Å². The second-order valence-electron chi connectivity index (χ2n) is 4.32. The number of hydrogen-bond acceptors (Lipinski definition) is 2. The molecule has 0 aliphatic carbocycles. The van der Waals surface area contributed by atoms with Crippen LogP contribution in [-0.4, -0.2) is 15.0 Å². The summed E-state index contributed by atoms with van der Waals surface area (Å²) in [4.78, 5) is 11.6. The van der Waals surface area contributed by atoms with Crippen molar-refractivity contribution in [2.24, 2.45) is 0 Å². The van der Waals surface area contributed by atoms with Gasteiger partial charge in [0.25, 0.3) is 0 Å². The molecule has 3 nitrogen and oxygen atoms in total. The van der Waals surface area contributed by atoms with E-state index in [4.69, 9.17) is 0 Å². The zero-order valence-corrected chi connectivity index (χ0v) is 11.6. The standard InChI is InChI=1S/C14H11BrFN3/c15-10-7-12-13(8-11(10)16)19-14(18-12)2-1-9-3-5-17-6-4-9/h3-8H,1-2H2,(H,18,19). The largest absolute Gasteiger partial charge is 0.342 e. The lowest BCUT2D eigenvalue weighted by Gasteiger charge is -1.97. The minimum atomic E-state index is -0.281. The number of rotatable bonds is 3. The first-order valence-corrected chi connectivity index (χ1v) is 6.74. The van der Waals surface area contributed by atoms with Gasteiger partial charge in [-0.1, -0.05) is 0 Å². The molecule has 0 radical (unpaired) electrons. The third kappa shape index (κ3) is 2.66. The van der Waals surface area contributed by atoms with Crippen molar-refractivity contribution < 1.29 is 4.39 Å². The first-order valence-electron chi connectivity index (χ1n) is 5.95. The van der Waals surface area contributed by atoms with E-state index in [0.29, 0.717) is 4.47 Å². The summed E-state index contributed by atoms with van der Waals surface area (Å²) < 4.78 is 13.8. The van der Waals surface area contributed by atoms with Gasteiger partial charge in [0.1, 0.15) is 11.6 Å². The second kappa shape index (κ2) is 5.09. The summed E-state index contributed by atoms with van der Waals surface area (Å²) in [6.45, 7) is 0. The number of imidazole rings is 1. The summed E-state index contributed by atoms with van der Waals surface area (Å²) in [6.07, 6.45) is 5.23. The predicted molar refractivity (Wildman–Crippen MR) is 75.4 cm³/mol. The van der Waals surface area contributed by atoms with Crippen LogP contribution in [0.3, 0.4) is 0 Å². The molecule has 1 N–H and O–H groups in total. The number of pyridine rings is 1. The van der Waals surface area contributed by atoms with E-state index in [1.165, 1.54) is 11.6 Å². The minimum absolute atomic E-state index is 0.281. The number of H-pyrrole nitrogens is 1. The monoisotopic (exact) mass is 319 g/mol. The fraction of sp³-hybridized carbons (Fsp3) is 0.143. The van der Waals surface area contributed by atoms with Crippen LogP contribution in [0.1, 0.15) is 11.4 Å². The number of nitrogens with zero attached hydrogens (tertiary/aromatic N) is 2. The molecule has 5 heteroatoms. The molecular weight excluding hydrogens is 309 g/mol. The maximum atomic E-state index is 13.4. The second-order valence-corrected chi connectivity index (χ2v) is 5.18. The van der Waals surface area contributed by atoms with Crippen LogP contribution < -0.4 is 0 Å². The fourth-order valence-corrected chi connectivity index (χ4v) is 2.32. The molecule has 0 spiro atoms. The van der Waals surface area contributed by atoms with E-state index in [1.807, 2.05) is 12.1 Å². The van der Waals surface area contributed by atoms with Crippen LogP contribution in [0.15, 0.2) is 41.1 Å². The predicted octanol–water partition coefficient (Wildman–Crippen LogP) is 3.64. The summed E-state index contributed by atoms with van der Waals surface area (Å²) in [5.74, 6) is 0.584. The molecule has 96 valence electrons. The van der Waals surface area contributed by atoms with E-state index in [-0.39, 0.29) is 5.82 Å². The molecular formula is C14H11BrFN3. The van der Waals surface area contributed by atoms with Crippen molar-refractivity contribution in [3.05, 3.63) is 58.3 Å². The minimum Gasteiger partial charge on any atom is -0.342 e. The highest BCUT2D eigenvalue weighted by Gasteiger charge is 2.07. The van der Waals surface area contributed by atoms with Gasteiger partial charge in [-0.05, 0) is 46.1 Å². The van der Waals surface area contributed by atoms with Crippen LogP contribution in [-0.2, 0) is 12.8 Å². The Kier molecular flexibility index (Phi) is 3.29. The van der Waals surface area contributed by atoms with Gasteiger partial charge >= 0.3 is 0 Å². The highest BCUT2D eigenvalue weighted by molar-refractivity contribution is 9.10. The average Bonchev–Trinajstić information content (AvgIpc) is 2.80. The molecule has 19 heavy (non-hydrogen) atoms. The Labute approximate surface area is 118 Å². The molecule has 0 unspecified atom stereocenters. The Morgan fingerprint density at radius 1 is 1.16 bits per heavy atom. The van der Waals surface area contributed by atoms with E-state index < -0.39 is 0 Å². The number of halogens is 2. The van der Waals surface area contributed by atoms with Crippen LogP contribution in [0, 0.1) is 5.82 Å². The summed E-state index contributed by atoms with van der Waals surface area (Å²) in [5.41, 5.74) is 2.71. The Hall–Kier alpha value is -1.75. The van der Waals surface area contributed by atoms with E-state index in [9.17, 15) is 4.39 Å². The highest BCUT2D eigenvalue weighted by atomic mass is 79.9. The van der Waals surface area contributed by atoms with Crippen molar-refractivity contribution >= 4 is 27.0 Å².